The lowest BCUT2D eigenvalue weighted by atomic mass is 10.1. The maximum absolute atomic E-state index is 12.2. The van der Waals surface area contributed by atoms with Gasteiger partial charge in [0, 0.05) is 25.2 Å². The van der Waals surface area contributed by atoms with Crippen LogP contribution >= 0.6 is 12.4 Å². The van der Waals surface area contributed by atoms with Crippen molar-refractivity contribution in [2.45, 2.75) is 44.9 Å². The molecule has 1 saturated heterocycles. The van der Waals surface area contributed by atoms with Gasteiger partial charge in [0.05, 0.1) is 0 Å². The van der Waals surface area contributed by atoms with Crippen molar-refractivity contribution in [2.24, 2.45) is 0 Å². The fourth-order valence-electron chi connectivity index (χ4n) is 2.66. The Hall–Kier alpha value is -1.22. The SMILES string of the molecule is Cl.Nc1ccccc1CCC(=O)N1CCCCCCC1. The van der Waals surface area contributed by atoms with Crippen LogP contribution in [0.2, 0.25) is 0 Å². The number of aryl methyl sites for hydroxylation is 1. The Morgan fingerprint density at radius 1 is 1.05 bits per heavy atom. The Morgan fingerprint density at radius 2 is 1.65 bits per heavy atom. The van der Waals surface area contributed by atoms with Crippen LogP contribution in [0, 0.1) is 0 Å². The summed E-state index contributed by atoms with van der Waals surface area (Å²) in [5, 5.41) is 0. The molecule has 0 bridgehead atoms. The van der Waals surface area contributed by atoms with E-state index in [4.69, 9.17) is 5.73 Å². The molecule has 4 heteroatoms. The fraction of sp³-hybridized carbons (Fsp3) is 0.562. The third kappa shape index (κ3) is 5.04. The van der Waals surface area contributed by atoms with Gasteiger partial charge < -0.3 is 10.6 Å². The second kappa shape index (κ2) is 8.85. The summed E-state index contributed by atoms with van der Waals surface area (Å²) in [4.78, 5) is 14.3. The number of hydrogen-bond donors (Lipinski definition) is 1. The van der Waals surface area contributed by atoms with Crippen molar-refractivity contribution in [3.05, 3.63) is 29.8 Å². The lowest BCUT2D eigenvalue weighted by molar-refractivity contribution is -0.131. The van der Waals surface area contributed by atoms with Gasteiger partial charge in [-0.25, -0.2) is 0 Å². The van der Waals surface area contributed by atoms with Crippen LogP contribution in [-0.2, 0) is 11.2 Å². The van der Waals surface area contributed by atoms with Gasteiger partial charge in [-0.1, -0.05) is 37.5 Å². The molecule has 1 aromatic carbocycles. The molecule has 3 nitrogen and oxygen atoms in total. The number of carbonyl (C=O) groups is 1. The molecule has 0 aromatic heterocycles. The number of nitrogens with zero attached hydrogens (tertiary/aromatic N) is 1. The number of likely N-dealkylation sites (tertiary alicyclic amines) is 1. The van der Waals surface area contributed by atoms with Gasteiger partial charge in [0.25, 0.3) is 0 Å². The van der Waals surface area contributed by atoms with Gasteiger partial charge in [-0.15, -0.1) is 12.4 Å². The minimum atomic E-state index is 0. The van der Waals surface area contributed by atoms with Crippen LogP contribution < -0.4 is 5.73 Å². The summed E-state index contributed by atoms with van der Waals surface area (Å²) in [6.45, 7) is 1.87. The Kier molecular flexibility index (Phi) is 7.45. The van der Waals surface area contributed by atoms with Gasteiger partial charge in [0.2, 0.25) is 5.91 Å². The number of hydrogen-bond acceptors (Lipinski definition) is 2. The topological polar surface area (TPSA) is 46.3 Å². The van der Waals surface area contributed by atoms with Crippen LogP contribution in [0.15, 0.2) is 24.3 Å². The van der Waals surface area contributed by atoms with E-state index in [1.807, 2.05) is 29.2 Å². The van der Waals surface area contributed by atoms with Gasteiger partial charge >= 0.3 is 0 Å². The van der Waals surface area contributed by atoms with E-state index in [0.29, 0.717) is 6.42 Å². The highest BCUT2D eigenvalue weighted by molar-refractivity contribution is 5.85. The molecule has 2 N–H and O–H groups in total. The van der Waals surface area contributed by atoms with Crippen LogP contribution in [0.4, 0.5) is 5.69 Å². The lowest BCUT2D eigenvalue weighted by Gasteiger charge is -2.25. The first-order valence-corrected chi connectivity index (χ1v) is 7.38. The standard InChI is InChI=1S/C16H24N2O.ClH/c17-15-9-5-4-8-14(15)10-11-16(19)18-12-6-2-1-3-7-13-18;/h4-5,8-9H,1-3,6-7,10-13,17H2;1H. The van der Waals surface area contributed by atoms with Crippen LogP contribution in [0.25, 0.3) is 0 Å². The maximum Gasteiger partial charge on any atom is 0.222 e. The quantitative estimate of drug-likeness (QED) is 0.869. The highest BCUT2D eigenvalue weighted by Crippen LogP contribution is 2.15. The number of nitrogen functional groups attached to an aromatic ring is 1. The Morgan fingerprint density at radius 3 is 2.30 bits per heavy atom. The smallest absolute Gasteiger partial charge is 0.222 e. The monoisotopic (exact) mass is 296 g/mol. The molecule has 0 atom stereocenters. The van der Waals surface area contributed by atoms with Crippen molar-refractivity contribution in [1.29, 1.82) is 0 Å². The molecule has 0 spiro atoms. The second-order valence-electron chi connectivity index (χ2n) is 5.35. The molecule has 1 aromatic rings. The largest absolute Gasteiger partial charge is 0.399 e. The van der Waals surface area contributed by atoms with Crippen LogP contribution in [0.5, 0.6) is 0 Å². The molecule has 112 valence electrons. The number of halogens is 1. The summed E-state index contributed by atoms with van der Waals surface area (Å²) in [5.41, 5.74) is 7.79. The third-order valence-corrected chi connectivity index (χ3v) is 3.87. The molecule has 0 unspecified atom stereocenters. The minimum absolute atomic E-state index is 0. The number of benzene rings is 1. The first-order chi connectivity index (χ1) is 9.27. The first kappa shape index (κ1) is 16.8. The predicted octanol–water partition coefficient (Wildman–Crippen LogP) is 3.42. The molecule has 0 aliphatic carbocycles. The summed E-state index contributed by atoms with van der Waals surface area (Å²) in [7, 11) is 0. The van der Waals surface area contributed by atoms with Crippen molar-refractivity contribution in [1.82, 2.24) is 4.90 Å². The van der Waals surface area contributed by atoms with Crippen molar-refractivity contribution in [3.8, 4) is 0 Å². The number of amides is 1. The Labute approximate surface area is 127 Å². The second-order valence-corrected chi connectivity index (χ2v) is 5.35. The van der Waals surface area contributed by atoms with Gasteiger partial charge in [-0.2, -0.15) is 0 Å². The van der Waals surface area contributed by atoms with Crippen molar-refractivity contribution in [2.75, 3.05) is 18.8 Å². The van der Waals surface area contributed by atoms with Crippen LogP contribution in [-0.4, -0.2) is 23.9 Å². The van der Waals surface area contributed by atoms with Gasteiger partial charge in [0.1, 0.15) is 0 Å². The van der Waals surface area contributed by atoms with Crippen molar-refractivity contribution in [3.63, 3.8) is 0 Å². The van der Waals surface area contributed by atoms with E-state index in [2.05, 4.69) is 0 Å². The molecule has 1 heterocycles. The zero-order valence-corrected chi connectivity index (χ0v) is 12.8. The molecule has 1 fully saturated rings. The zero-order valence-electron chi connectivity index (χ0n) is 12.0. The summed E-state index contributed by atoms with van der Waals surface area (Å²) in [6.07, 6.45) is 7.47. The van der Waals surface area contributed by atoms with Gasteiger partial charge in [-0.05, 0) is 30.9 Å². The molecular weight excluding hydrogens is 272 g/mol. The van der Waals surface area contributed by atoms with Crippen molar-refractivity contribution < 1.29 is 4.79 Å². The normalized spacial score (nSPS) is 15.9. The first-order valence-electron chi connectivity index (χ1n) is 7.38. The summed E-state index contributed by atoms with van der Waals surface area (Å²) < 4.78 is 0. The highest BCUT2D eigenvalue weighted by Gasteiger charge is 2.14. The summed E-state index contributed by atoms with van der Waals surface area (Å²) in [6, 6.07) is 7.82. The molecule has 1 aliphatic rings. The molecule has 2 rings (SSSR count). The summed E-state index contributed by atoms with van der Waals surface area (Å²) >= 11 is 0. The van der Waals surface area contributed by atoms with Crippen LogP contribution in [0.3, 0.4) is 0 Å². The molecule has 0 radical (unpaired) electrons. The fourth-order valence-corrected chi connectivity index (χ4v) is 2.66. The van der Waals surface area contributed by atoms with E-state index in [1.54, 1.807) is 0 Å². The van der Waals surface area contributed by atoms with Crippen LogP contribution in [0.1, 0.15) is 44.1 Å². The lowest BCUT2D eigenvalue weighted by Crippen LogP contribution is -2.33. The van der Waals surface area contributed by atoms with E-state index < -0.39 is 0 Å². The van der Waals surface area contributed by atoms with E-state index >= 15 is 0 Å². The Bertz CT molecular complexity index is 415. The molecule has 20 heavy (non-hydrogen) atoms. The molecule has 1 amide bonds. The average molecular weight is 297 g/mol. The number of para-hydroxylation sites is 1. The third-order valence-electron chi connectivity index (χ3n) is 3.87. The molecule has 1 aliphatic heterocycles. The molecular formula is C16H25ClN2O. The van der Waals surface area contributed by atoms with E-state index in [1.165, 1.54) is 19.3 Å². The Balaban J connectivity index is 0.00000200. The summed E-state index contributed by atoms with van der Waals surface area (Å²) in [5.74, 6) is 0.283. The highest BCUT2D eigenvalue weighted by atomic mass is 35.5. The maximum atomic E-state index is 12.2. The van der Waals surface area contributed by atoms with Gasteiger partial charge in [-0.3, -0.25) is 4.79 Å². The number of rotatable bonds is 3. The number of nitrogens with two attached hydrogens (primary N) is 1. The average Bonchev–Trinajstić information content (AvgIpc) is 2.37. The number of carbonyl (C=O) groups excluding carboxylic acids is 1. The van der Waals surface area contributed by atoms with E-state index in [-0.39, 0.29) is 18.3 Å². The van der Waals surface area contributed by atoms with E-state index in [9.17, 15) is 4.79 Å². The van der Waals surface area contributed by atoms with Crippen molar-refractivity contribution >= 4 is 24.0 Å². The van der Waals surface area contributed by atoms with E-state index in [0.717, 1.165) is 43.6 Å². The van der Waals surface area contributed by atoms with Gasteiger partial charge in [0.15, 0.2) is 0 Å². The zero-order chi connectivity index (χ0) is 13.5. The number of anilines is 1. The predicted molar refractivity (Wildman–Crippen MR) is 86.1 cm³/mol. The molecule has 0 saturated carbocycles. The minimum Gasteiger partial charge on any atom is -0.399 e.